The third kappa shape index (κ3) is 3.19. The zero-order valence-corrected chi connectivity index (χ0v) is 12.4. The monoisotopic (exact) mass is 294 g/mol. The molecule has 0 aromatic heterocycles. The van der Waals surface area contributed by atoms with Gasteiger partial charge in [-0.1, -0.05) is 12.1 Å². The molecule has 0 aliphatic carbocycles. The minimum absolute atomic E-state index is 0.142. The second-order valence-electron chi connectivity index (χ2n) is 4.94. The van der Waals surface area contributed by atoms with E-state index in [2.05, 4.69) is 0 Å². The molecule has 0 unspecified atom stereocenters. The Balaban J connectivity index is 2.27. The van der Waals surface area contributed by atoms with Gasteiger partial charge >= 0.3 is 0 Å². The number of rotatable bonds is 4. The van der Waals surface area contributed by atoms with E-state index in [1.165, 1.54) is 10.4 Å². The van der Waals surface area contributed by atoms with Gasteiger partial charge in [-0.3, -0.25) is 9.10 Å². The molecular formula is C14H18N2O3S. The average Bonchev–Trinajstić information content (AvgIpc) is 2.75. The molecule has 0 bridgehead atoms. The van der Waals surface area contributed by atoms with Crippen LogP contribution in [0.25, 0.3) is 0 Å². The van der Waals surface area contributed by atoms with Crippen LogP contribution in [0.15, 0.2) is 36.5 Å². The Labute approximate surface area is 119 Å². The standard InChI is InChI=1S/C14H18N2O3S/c1-15(2)9-7-14(17)12-5-3-6-13(11-12)16-8-4-10-20(16,18)19/h3,5-7,9,11H,4,8,10H2,1-2H3/b9-7+. The van der Waals surface area contributed by atoms with E-state index in [9.17, 15) is 13.2 Å². The molecule has 1 aromatic rings. The Morgan fingerprint density at radius 3 is 2.70 bits per heavy atom. The highest BCUT2D eigenvalue weighted by Gasteiger charge is 2.28. The molecule has 1 aliphatic heterocycles. The lowest BCUT2D eigenvalue weighted by molar-refractivity contribution is 0.104. The fourth-order valence-corrected chi connectivity index (χ4v) is 3.61. The van der Waals surface area contributed by atoms with Gasteiger partial charge in [0.25, 0.3) is 0 Å². The minimum Gasteiger partial charge on any atom is -0.383 e. The molecule has 1 fully saturated rings. The number of ketones is 1. The molecule has 108 valence electrons. The number of carbonyl (C=O) groups is 1. The highest BCUT2D eigenvalue weighted by atomic mass is 32.2. The number of anilines is 1. The molecule has 0 spiro atoms. The molecule has 5 nitrogen and oxygen atoms in total. The molecule has 1 aromatic carbocycles. The SMILES string of the molecule is CN(C)/C=C/C(=O)c1cccc(N2CCCS2(=O)=O)c1. The lowest BCUT2D eigenvalue weighted by Gasteiger charge is -2.17. The third-order valence-corrected chi connectivity index (χ3v) is 4.91. The Bertz CT molecular complexity index is 636. The Morgan fingerprint density at radius 2 is 2.10 bits per heavy atom. The molecule has 2 rings (SSSR count). The van der Waals surface area contributed by atoms with Gasteiger partial charge in [-0.05, 0) is 18.6 Å². The summed E-state index contributed by atoms with van der Waals surface area (Å²) in [5.41, 5.74) is 1.05. The van der Waals surface area contributed by atoms with Crippen LogP contribution in [0.3, 0.4) is 0 Å². The van der Waals surface area contributed by atoms with Crippen LogP contribution in [0.5, 0.6) is 0 Å². The van der Waals surface area contributed by atoms with Gasteiger partial charge in [-0.25, -0.2) is 8.42 Å². The molecule has 0 radical (unpaired) electrons. The zero-order chi connectivity index (χ0) is 14.8. The van der Waals surface area contributed by atoms with Gasteiger partial charge < -0.3 is 4.90 Å². The van der Waals surface area contributed by atoms with Crippen LogP contribution in [-0.4, -0.2) is 45.5 Å². The molecule has 6 heteroatoms. The van der Waals surface area contributed by atoms with Crippen molar-refractivity contribution in [3.8, 4) is 0 Å². The normalized spacial score (nSPS) is 17.6. The summed E-state index contributed by atoms with van der Waals surface area (Å²) < 4.78 is 25.1. The molecular weight excluding hydrogens is 276 g/mol. The van der Waals surface area contributed by atoms with E-state index < -0.39 is 10.0 Å². The van der Waals surface area contributed by atoms with Gasteiger partial charge in [0.05, 0.1) is 11.4 Å². The van der Waals surface area contributed by atoms with Crippen molar-refractivity contribution < 1.29 is 13.2 Å². The largest absolute Gasteiger partial charge is 0.383 e. The zero-order valence-electron chi connectivity index (χ0n) is 11.6. The average molecular weight is 294 g/mol. The fourth-order valence-electron chi connectivity index (χ4n) is 2.06. The minimum atomic E-state index is -3.21. The van der Waals surface area contributed by atoms with Gasteiger partial charge in [0.15, 0.2) is 5.78 Å². The van der Waals surface area contributed by atoms with E-state index >= 15 is 0 Å². The highest BCUT2D eigenvalue weighted by Crippen LogP contribution is 2.24. The Kier molecular flexibility index (Phi) is 4.13. The van der Waals surface area contributed by atoms with Crippen molar-refractivity contribution in [2.24, 2.45) is 0 Å². The molecule has 0 amide bonds. The summed E-state index contributed by atoms with van der Waals surface area (Å²) in [4.78, 5) is 13.8. The predicted molar refractivity (Wildman–Crippen MR) is 79.3 cm³/mol. The Morgan fingerprint density at radius 1 is 1.35 bits per heavy atom. The second-order valence-corrected chi connectivity index (χ2v) is 6.95. The van der Waals surface area contributed by atoms with E-state index in [4.69, 9.17) is 0 Å². The van der Waals surface area contributed by atoms with Crippen LogP contribution in [0, 0.1) is 0 Å². The van der Waals surface area contributed by atoms with Gasteiger partial charge in [-0.15, -0.1) is 0 Å². The highest BCUT2D eigenvalue weighted by molar-refractivity contribution is 7.93. The van der Waals surface area contributed by atoms with Crippen LogP contribution in [-0.2, 0) is 10.0 Å². The van der Waals surface area contributed by atoms with Gasteiger partial charge in [-0.2, -0.15) is 0 Å². The topological polar surface area (TPSA) is 57.7 Å². The van der Waals surface area contributed by atoms with Crippen molar-refractivity contribution in [3.05, 3.63) is 42.1 Å². The van der Waals surface area contributed by atoms with Crippen molar-refractivity contribution in [3.63, 3.8) is 0 Å². The van der Waals surface area contributed by atoms with Crippen LogP contribution in [0.4, 0.5) is 5.69 Å². The van der Waals surface area contributed by atoms with E-state index in [1.54, 1.807) is 35.4 Å². The van der Waals surface area contributed by atoms with Gasteiger partial charge in [0, 0.05) is 38.5 Å². The first-order chi connectivity index (χ1) is 9.40. The number of hydrogen-bond donors (Lipinski definition) is 0. The third-order valence-electron chi connectivity index (χ3n) is 3.04. The van der Waals surface area contributed by atoms with E-state index in [0.717, 1.165) is 0 Å². The molecule has 0 saturated carbocycles. The first-order valence-corrected chi connectivity index (χ1v) is 8.00. The summed E-state index contributed by atoms with van der Waals surface area (Å²) in [7, 11) is 0.448. The maximum absolute atomic E-state index is 12.0. The summed E-state index contributed by atoms with van der Waals surface area (Å²) in [6.45, 7) is 0.480. The summed E-state index contributed by atoms with van der Waals surface area (Å²) in [5.74, 6) is 0.0308. The van der Waals surface area contributed by atoms with Gasteiger partial charge in [0.1, 0.15) is 0 Å². The van der Waals surface area contributed by atoms with Gasteiger partial charge in [0.2, 0.25) is 10.0 Å². The lowest BCUT2D eigenvalue weighted by Crippen LogP contribution is -2.25. The maximum atomic E-state index is 12.0. The molecule has 1 aliphatic rings. The smallest absolute Gasteiger partial charge is 0.235 e. The van der Waals surface area contributed by atoms with Crippen LogP contribution < -0.4 is 4.31 Å². The van der Waals surface area contributed by atoms with Crippen LogP contribution in [0.1, 0.15) is 16.8 Å². The maximum Gasteiger partial charge on any atom is 0.235 e. The van der Waals surface area contributed by atoms with Crippen molar-refractivity contribution >= 4 is 21.5 Å². The first kappa shape index (κ1) is 14.6. The molecule has 20 heavy (non-hydrogen) atoms. The predicted octanol–water partition coefficient (Wildman–Crippen LogP) is 1.48. The number of hydrogen-bond acceptors (Lipinski definition) is 4. The number of nitrogens with zero attached hydrogens (tertiary/aromatic N) is 2. The molecule has 0 N–H and O–H groups in total. The first-order valence-electron chi connectivity index (χ1n) is 6.39. The summed E-state index contributed by atoms with van der Waals surface area (Å²) in [6.07, 6.45) is 3.76. The number of carbonyl (C=O) groups excluding carboxylic acids is 1. The quantitative estimate of drug-likeness (QED) is 0.623. The van der Waals surface area contributed by atoms with E-state index in [-0.39, 0.29) is 11.5 Å². The summed E-state index contributed by atoms with van der Waals surface area (Å²) in [6, 6.07) is 6.74. The molecule has 1 saturated heterocycles. The number of allylic oxidation sites excluding steroid dienone is 1. The van der Waals surface area contributed by atoms with Crippen LogP contribution >= 0.6 is 0 Å². The number of benzene rings is 1. The van der Waals surface area contributed by atoms with Crippen molar-refractivity contribution in [2.45, 2.75) is 6.42 Å². The van der Waals surface area contributed by atoms with Crippen molar-refractivity contribution in [1.82, 2.24) is 4.90 Å². The van der Waals surface area contributed by atoms with E-state index in [1.807, 2.05) is 14.1 Å². The Hall–Kier alpha value is -1.82. The second kappa shape index (κ2) is 5.66. The van der Waals surface area contributed by atoms with E-state index in [0.29, 0.717) is 24.2 Å². The number of sulfonamides is 1. The molecule has 0 atom stereocenters. The summed E-state index contributed by atoms with van der Waals surface area (Å²) in [5, 5.41) is 0. The van der Waals surface area contributed by atoms with Crippen molar-refractivity contribution in [1.29, 1.82) is 0 Å². The van der Waals surface area contributed by atoms with Crippen LogP contribution in [0.2, 0.25) is 0 Å². The fraction of sp³-hybridized carbons (Fsp3) is 0.357. The summed E-state index contributed by atoms with van der Waals surface area (Å²) >= 11 is 0. The lowest BCUT2D eigenvalue weighted by atomic mass is 10.1. The molecule has 1 heterocycles. The van der Waals surface area contributed by atoms with Crippen molar-refractivity contribution in [2.75, 3.05) is 30.7 Å².